The van der Waals surface area contributed by atoms with Gasteiger partial charge in [0.2, 0.25) is 0 Å². The van der Waals surface area contributed by atoms with Gasteiger partial charge in [-0.1, -0.05) is 0 Å². The van der Waals surface area contributed by atoms with Crippen LogP contribution in [0.1, 0.15) is 30.8 Å². The van der Waals surface area contributed by atoms with Gasteiger partial charge in [0.15, 0.2) is 0 Å². The molecule has 0 atom stereocenters. The van der Waals surface area contributed by atoms with Gasteiger partial charge >= 0.3 is 0 Å². The van der Waals surface area contributed by atoms with E-state index >= 15 is 0 Å². The monoisotopic (exact) mass is 264 g/mol. The van der Waals surface area contributed by atoms with Gasteiger partial charge in [0, 0.05) is 19.1 Å². The Balaban J connectivity index is 1.93. The highest BCUT2D eigenvalue weighted by Gasteiger charge is 2.24. The molecular weight excluding hydrogens is 244 g/mol. The van der Waals surface area contributed by atoms with E-state index in [1.807, 2.05) is 18.7 Å². The summed E-state index contributed by atoms with van der Waals surface area (Å²) >= 11 is 1.92. The van der Waals surface area contributed by atoms with Gasteiger partial charge in [-0.25, -0.2) is 9.97 Å². The molecule has 0 aliphatic carbocycles. The lowest BCUT2D eigenvalue weighted by Gasteiger charge is -2.33. The number of aryl methyl sites for hydroxylation is 2. The second-order valence-electron chi connectivity index (χ2n) is 5.15. The van der Waals surface area contributed by atoms with Crippen LogP contribution in [0.4, 0.5) is 5.82 Å². The number of nitrogens with two attached hydrogens (primary N) is 1. The molecule has 2 aliphatic heterocycles. The minimum absolute atomic E-state index is 0.368. The van der Waals surface area contributed by atoms with Crippen LogP contribution in [0.15, 0.2) is 4.90 Å². The fourth-order valence-corrected chi connectivity index (χ4v) is 3.77. The number of piperidine rings is 1. The molecular formula is C13H20N4S. The normalized spacial score (nSPS) is 20.9. The van der Waals surface area contributed by atoms with Crippen molar-refractivity contribution in [2.24, 2.45) is 5.73 Å². The Morgan fingerprint density at radius 1 is 1.28 bits per heavy atom. The summed E-state index contributed by atoms with van der Waals surface area (Å²) in [6, 6.07) is 0.368. The lowest BCUT2D eigenvalue weighted by molar-refractivity contribution is 0.495. The van der Waals surface area contributed by atoms with Gasteiger partial charge in [-0.3, -0.25) is 0 Å². The van der Waals surface area contributed by atoms with Gasteiger partial charge in [0.05, 0.1) is 10.6 Å². The number of hydrogen-bond donors (Lipinski definition) is 1. The van der Waals surface area contributed by atoms with Gasteiger partial charge in [-0.15, -0.1) is 11.8 Å². The Labute approximate surface area is 112 Å². The summed E-state index contributed by atoms with van der Waals surface area (Å²) in [5.41, 5.74) is 7.23. The van der Waals surface area contributed by atoms with E-state index < -0.39 is 0 Å². The first kappa shape index (κ1) is 12.2. The maximum absolute atomic E-state index is 5.98. The van der Waals surface area contributed by atoms with Crippen molar-refractivity contribution in [3.05, 3.63) is 11.5 Å². The molecule has 1 fully saturated rings. The van der Waals surface area contributed by atoms with Gasteiger partial charge in [-0.2, -0.15) is 0 Å². The van der Waals surface area contributed by atoms with Gasteiger partial charge < -0.3 is 10.6 Å². The van der Waals surface area contributed by atoms with Crippen LogP contribution in [-0.2, 0) is 6.42 Å². The molecule has 2 N–H and O–H groups in total. The maximum Gasteiger partial charge on any atom is 0.146 e. The summed E-state index contributed by atoms with van der Waals surface area (Å²) in [4.78, 5) is 13.0. The minimum atomic E-state index is 0.368. The summed E-state index contributed by atoms with van der Waals surface area (Å²) in [5.74, 6) is 3.26. The average Bonchev–Trinajstić information content (AvgIpc) is 2.38. The fraction of sp³-hybridized carbons (Fsp3) is 0.692. The molecule has 0 aromatic carbocycles. The zero-order valence-corrected chi connectivity index (χ0v) is 11.7. The summed E-state index contributed by atoms with van der Waals surface area (Å²) in [6.07, 6.45) is 4.48. The minimum Gasteiger partial charge on any atom is -0.355 e. The van der Waals surface area contributed by atoms with Crippen LogP contribution in [0.3, 0.4) is 0 Å². The van der Waals surface area contributed by atoms with Crippen LogP contribution in [0.5, 0.6) is 0 Å². The molecule has 0 amide bonds. The first-order chi connectivity index (χ1) is 8.74. The second kappa shape index (κ2) is 5.05. The standard InChI is InChI=1S/C13H20N4S/c1-9-15-11-3-2-8-18-12(11)13(16-9)17-6-4-10(14)5-7-17/h10H,2-8,14H2,1H3. The van der Waals surface area contributed by atoms with Gasteiger partial charge in [0.25, 0.3) is 0 Å². The van der Waals surface area contributed by atoms with Crippen LogP contribution in [-0.4, -0.2) is 34.9 Å². The Morgan fingerprint density at radius 3 is 2.83 bits per heavy atom. The van der Waals surface area contributed by atoms with E-state index in [1.165, 1.54) is 22.8 Å². The van der Waals surface area contributed by atoms with Crippen molar-refractivity contribution in [3.8, 4) is 0 Å². The quantitative estimate of drug-likeness (QED) is 0.837. The summed E-state index contributed by atoms with van der Waals surface area (Å²) in [7, 11) is 0. The molecule has 0 radical (unpaired) electrons. The molecule has 18 heavy (non-hydrogen) atoms. The molecule has 0 unspecified atom stereocenters. The number of nitrogens with zero attached hydrogens (tertiary/aromatic N) is 3. The molecule has 2 aliphatic rings. The van der Waals surface area contributed by atoms with Crippen molar-refractivity contribution in [3.63, 3.8) is 0 Å². The predicted octanol–water partition coefficient (Wildman–Crippen LogP) is 1.75. The molecule has 1 aromatic heterocycles. The van der Waals surface area contributed by atoms with E-state index in [9.17, 15) is 0 Å². The number of anilines is 1. The smallest absolute Gasteiger partial charge is 0.146 e. The Morgan fingerprint density at radius 2 is 2.06 bits per heavy atom. The molecule has 4 nitrogen and oxygen atoms in total. The summed E-state index contributed by atoms with van der Waals surface area (Å²) in [5, 5.41) is 0. The maximum atomic E-state index is 5.98. The van der Waals surface area contributed by atoms with Crippen LogP contribution >= 0.6 is 11.8 Å². The number of fused-ring (bicyclic) bond motifs is 1. The van der Waals surface area contributed by atoms with Crippen molar-refractivity contribution in [2.75, 3.05) is 23.7 Å². The third kappa shape index (κ3) is 2.34. The topological polar surface area (TPSA) is 55.0 Å². The van der Waals surface area contributed by atoms with Crippen LogP contribution < -0.4 is 10.6 Å². The SMILES string of the molecule is Cc1nc2c(c(N3CCC(N)CC3)n1)SCCC2. The fourth-order valence-electron chi connectivity index (χ4n) is 2.66. The average molecular weight is 264 g/mol. The van der Waals surface area contributed by atoms with E-state index in [0.717, 1.165) is 44.0 Å². The zero-order chi connectivity index (χ0) is 12.5. The number of thioether (sulfide) groups is 1. The molecule has 1 aromatic rings. The molecule has 0 saturated carbocycles. The van der Waals surface area contributed by atoms with Gasteiger partial charge in [0.1, 0.15) is 11.6 Å². The third-order valence-corrected chi connectivity index (χ3v) is 4.87. The molecule has 3 rings (SSSR count). The molecule has 1 saturated heterocycles. The number of hydrogen-bond acceptors (Lipinski definition) is 5. The molecule has 98 valence electrons. The van der Waals surface area contributed by atoms with E-state index in [1.54, 1.807) is 0 Å². The lowest BCUT2D eigenvalue weighted by atomic mass is 10.1. The Hall–Kier alpha value is -0.810. The van der Waals surface area contributed by atoms with Crippen molar-refractivity contribution >= 4 is 17.6 Å². The van der Waals surface area contributed by atoms with E-state index in [0.29, 0.717) is 6.04 Å². The largest absolute Gasteiger partial charge is 0.355 e. The van der Waals surface area contributed by atoms with Crippen molar-refractivity contribution in [1.29, 1.82) is 0 Å². The summed E-state index contributed by atoms with van der Waals surface area (Å²) in [6.45, 7) is 4.06. The first-order valence-corrected chi connectivity index (χ1v) is 7.73. The first-order valence-electron chi connectivity index (χ1n) is 6.75. The van der Waals surface area contributed by atoms with Crippen molar-refractivity contribution < 1.29 is 0 Å². The molecule has 5 heteroatoms. The van der Waals surface area contributed by atoms with Crippen LogP contribution in [0.2, 0.25) is 0 Å². The van der Waals surface area contributed by atoms with E-state index in [4.69, 9.17) is 5.73 Å². The number of aromatic nitrogens is 2. The highest BCUT2D eigenvalue weighted by Crippen LogP contribution is 2.36. The highest BCUT2D eigenvalue weighted by molar-refractivity contribution is 7.99. The number of rotatable bonds is 1. The highest BCUT2D eigenvalue weighted by atomic mass is 32.2. The second-order valence-corrected chi connectivity index (χ2v) is 6.25. The Bertz CT molecular complexity index is 441. The third-order valence-electron chi connectivity index (χ3n) is 3.67. The van der Waals surface area contributed by atoms with Crippen molar-refractivity contribution in [1.82, 2.24) is 9.97 Å². The van der Waals surface area contributed by atoms with E-state index in [2.05, 4.69) is 14.9 Å². The molecule has 0 spiro atoms. The molecule has 0 bridgehead atoms. The van der Waals surface area contributed by atoms with Crippen molar-refractivity contribution in [2.45, 2.75) is 43.5 Å². The predicted molar refractivity (Wildman–Crippen MR) is 75.2 cm³/mol. The van der Waals surface area contributed by atoms with Crippen LogP contribution in [0, 0.1) is 6.92 Å². The van der Waals surface area contributed by atoms with Gasteiger partial charge in [-0.05, 0) is 38.4 Å². The Kier molecular flexibility index (Phi) is 3.43. The van der Waals surface area contributed by atoms with Crippen LogP contribution in [0.25, 0.3) is 0 Å². The zero-order valence-electron chi connectivity index (χ0n) is 10.9. The summed E-state index contributed by atoms with van der Waals surface area (Å²) < 4.78 is 0. The molecule has 3 heterocycles. The lowest BCUT2D eigenvalue weighted by Crippen LogP contribution is -2.40. The van der Waals surface area contributed by atoms with E-state index in [-0.39, 0.29) is 0 Å².